The van der Waals surface area contributed by atoms with Gasteiger partial charge in [-0.2, -0.15) is 0 Å². The summed E-state index contributed by atoms with van der Waals surface area (Å²) in [5, 5.41) is 9.52. The molecule has 0 bridgehead atoms. The number of aliphatic hydroxyl groups is 1. The molecule has 0 unspecified atom stereocenters. The molecule has 4 rings (SSSR count). The maximum Gasteiger partial charge on any atom is 0.573 e. The summed E-state index contributed by atoms with van der Waals surface area (Å²) in [6.45, 7) is 2.04. The number of aromatic nitrogens is 4. The smallest absolute Gasteiger partial charge is 0.406 e. The lowest BCUT2D eigenvalue weighted by molar-refractivity contribution is -0.274. The van der Waals surface area contributed by atoms with Crippen molar-refractivity contribution < 1.29 is 23.0 Å². The van der Waals surface area contributed by atoms with Gasteiger partial charge >= 0.3 is 12.1 Å². The van der Waals surface area contributed by atoms with Gasteiger partial charge in [-0.3, -0.25) is 13.9 Å². The lowest BCUT2D eigenvalue weighted by Crippen LogP contribution is -2.39. The summed E-state index contributed by atoms with van der Waals surface area (Å²) in [6.07, 6.45) is -4.61. The number of aryl methyl sites for hydroxylation is 2. The number of imidazole rings is 1. The fourth-order valence-corrected chi connectivity index (χ4v) is 4.65. The van der Waals surface area contributed by atoms with E-state index in [2.05, 4.69) is 9.72 Å². The first kappa shape index (κ1) is 25.6. The number of halogens is 3. The Morgan fingerprint density at radius 3 is 2.47 bits per heavy atom. The lowest BCUT2D eigenvalue weighted by Gasteiger charge is -2.12. The molecular formula is C24H23F3N4O4S. The summed E-state index contributed by atoms with van der Waals surface area (Å²) in [4.78, 5) is 31.2. The molecule has 36 heavy (non-hydrogen) atoms. The summed E-state index contributed by atoms with van der Waals surface area (Å²) in [7, 11) is 1.50. The Morgan fingerprint density at radius 2 is 1.81 bits per heavy atom. The Hall–Kier alpha value is -3.51. The molecule has 4 aromatic rings. The zero-order valence-corrected chi connectivity index (χ0v) is 20.3. The molecule has 2 heterocycles. The summed E-state index contributed by atoms with van der Waals surface area (Å²) in [6, 6.07) is 13.1. The number of ether oxygens (including phenoxy) is 1. The third kappa shape index (κ3) is 5.49. The van der Waals surface area contributed by atoms with E-state index in [1.54, 1.807) is 10.6 Å². The van der Waals surface area contributed by atoms with E-state index in [-0.39, 0.29) is 43.0 Å². The van der Waals surface area contributed by atoms with Crippen LogP contribution < -0.4 is 16.0 Å². The topological polar surface area (TPSA) is 91.3 Å². The predicted molar refractivity (Wildman–Crippen MR) is 128 cm³/mol. The number of benzene rings is 2. The second kappa shape index (κ2) is 10.2. The number of rotatable bonds is 8. The van der Waals surface area contributed by atoms with Crippen LogP contribution in [0.4, 0.5) is 13.2 Å². The molecule has 2 aromatic carbocycles. The van der Waals surface area contributed by atoms with E-state index in [4.69, 9.17) is 0 Å². The van der Waals surface area contributed by atoms with E-state index in [1.165, 1.54) is 29.8 Å². The minimum Gasteiger partial charge on any atom is -0.406 e. The van der Waals surface area contributed by atoms with E-state index in [0.29, 0.717) is 10.1 Å². The minimum atomic E-state index is -4.83. The van der Waals surface area contributed by atoms with Gasteiger partial charge in [0.2, 0.25) is 0 Å². The molecule has 190 valence electrons. The van der Waals surface area contributed by atoms with E-state index in [1.807, 2.05) is 31.2 Å². The van der Waals surface area contributed by atoms with E-state index >= 15 is 0 Å². The van der Waals surface area contributed by atoms with Crippen molar-refractivity contribution in [3.05, 3.63) is 80.5 Å². The second-order valence-corrected chi connectivity index (χ2v) is 9.18. The number of hydrogen-bond acceptors (Lipinski definition) is 6. The Labute approximate surface area is 207 Å². The molecule has 2 aromatic heterocycles. The quantitative estimate of drug-likeness (QED) is 0.381. The minimum absolute atomic E-state index is 0.0347. The Kier molecular flexibility index (Phi) is 7.27. The predicted octanol–water partition coefficient (Wildman–Crippen LogP) is 3.69. The van der Waals surface area contributed by atoms with Gasteiger partial charge in [0.1, 0.15) is 5.75 Å². The van der Waals surface area contributed by atoms with Crippen LogP contribution in [0.1, 0.15) is 17.5 Å². The molecule has 0 fully saturated rings. The number of aliphatic hydroxyl groups excluding tert-OH is 1. The lowest BCUT2D eigenvalue weighted by atomic mass is 10.1. The Morgan fingerprint density at radius 1 is 1.08 bits per heavy atom. The molecule has 0 amide bonds. The van der Waals surface area contributed by atoms with Crippen molar-refractivity contribution in [2.45, 2.75) is 42.8 Å². The Balaban J connectivity index is 1.87. The molecule has 1 N–H and O–H groups in total. The van der Waals surface area contributed by atoms with Gasteiger partial charge in [0.25, 0.3) is 5.56 Å². The summed E-state index contributed by atoms with van der Waals surface area (Å²) < 4.78 is 46.1. The fraction of sp³-hybridized carbons (Fsp3) is 0.292. The van der Waals surface area contributed by atoms with Crippen LogP contribution in [-0.4, -0.2) is 36.8 Å². The summed E-state index contributed by atoms with van der Waals surface area (Å²) >= 11 is 1.05. The second-order valence-electron chi connectivity index (χ2n) is 8.14. The SMILES string of the molecule is Cc1ccc(Cn2c(Sc3cccc(OC(F)(F)F)c3)nc3c2c(=O)n(CCCO)c(=O)n3C)cc1. The van der Waals surface area contributed by atoms with Crippen molar-refractivity contribution in [1.29, 1.82) is 0 Å². The summed E-state index contributed by atoms with van der Waals surface area (Å²) in [5.74, 6) is -0.382. The third-order valence-corrected chi connectivity index (χ3v) is 6.43. The Bertz CT molecular complexity index is 1510. The maximum atomic E-state index is 13.4. The van der Waals surface area contributed by atoms with Crippen molar-refractivity contribution >= 4 is 22.9 Å². The molecule has 8 nitrogen and oxygen atoms in total. The average molecular weight is 521 g/mol. The van der Waals surface area contributed by atoms with Crippen LogP contribution in [0.2, 0.25) is 0 Å². The van der Waals surface area contributed by atoms with Gasteiger partial charge in [0, 0.05) is 25.1 Å². The highest BCUT2D eigenvalue weighted by Crippen LogP contribution is 2.33. The van der Waals surface area contributed by atoms with Crippen LogP contribution in [-0.2, 0) is 20.1 Å². The van der Waals surface area contributed by atoms with Crippen LogP contribution in [0.25, 0.3) is 11.2 Å². The van der Waals surface area contributed by atoms with Crippen LogP contribution in [0.3, 0.4) is 0 Å². The number of nitrogens with zero attached hydrogens (tertiary/aromatic N) is 4. The first-order valence-electron chi connectivity index (χ1n) is 11.0. The van der Waals surface area contributed by atoms with Gasteiger partial charge in [-0.1, -0.05) is 47.7 Å². The molecule has 0 saturated heterocycles. The average Bonchev–Trinajstić information content (AvgIpc) is 3.16. The van der Waals surface area contributed by atoms with Gasteiger partial charge in [0.05, 0.1) is 6.54 Å². The fourth-order valence-electron chi connectivity index (χ4n) is 3.72. The zero-order valence-electron chi connectivity index (χ0n) is 19.5. The molecule has 0 saturated carbocycles. The highest BCUT2D eigenvalue weighted by Gasteiger charge is 2.31. The van der Waals surface area contributed by atoms with Gasteiger partial charge in [0.15, 0.2) is 16.3 Å². The van der Waals surface area contributed by atoms with E-state index in [0.717, 1.165) is 27.5 Å². The standard InChI is InChI=1S/C24H23F3N4O4S/c1-15-7-9-16(10-8-15)14-31-19-20(29(2)23(34)30(21(19)33)11-4-12-32)28-22(31)36-18-6-3-5-17(13-18)35-24(25,26)27/h3,5-10,13,32H,4,11-12,14H2,1-2H3. The largest absolute Gasteiger partial charge is 0.573 e. The molecule has 0 aliphatic heterocycles. The van der Waals surface area contributed by atoms with Gasteiger partial charge in [-0.25, -0.2) is 9.78 Å². The first-order chi connectivity index (χ1) is 17.1. The van der Waals surface area contributed by atoms with Crippen molar-refractivity contribution in [2.75, 3.05) is 6.61 Å². The molecule has 0 aliphatic rings. The monoisotopic (exact) mass is 520 g/mol. The molecule has 0 atom stereocenters. The molecule has 12 heteroatoms. The van der Waals surface area contributed by atoms with Crippen molar-refractivity contribution in [3.63, 3.8) is 0 Å². The number of hydrogen-bond donors (Lipinski definition) is 1. The first-order valence-corrected chi connectivity index (χ1v) is 11.8. The van der Waals surface area contributed by atoms with Gasteiger partial charge in [-0.05, 0) is 37.1 Å². The van der Waals surface area contributed by atoms with Crippen molar-refractivity contribution in [2.24, 2.45) is 7.05 Å². The molecule has 0 aliphatic carbocycles. The highest BCUT2D eigenvalue weighted by molar-refractivity contribution is 7.99. The molecule has 0 radical (unpaired) electrons. The van der Waals surface area contributed by atoms with Crippen molar-refractivity contribution in [1.82, 2.24) is 18.7 Å². The van der Waals surface area contributed by atoms with Gasteiger partial charge in [-0.15, -0.1) is 13.2 Å². The van der Waals surface area contributed by atoms with Crippen LogP contribution in [0, 0.1) is 6.92 Å². The third-order valence-electron chi connectivity index (χ3n) is 5.45. The van der Waals surface area contributed by atoms with Crippen LogP contribution in [0.5, 0.6) is 5.75 Å². The van der Waals surface area contributed by atoms with Crippen LogP contribution in [0.15, 0.2) is 68.2 Å². The van der Waals surface area contributed by atoms with E-state index in [9.17, 15) is 27.9 Å². The highest BCUT2D eigenvalue weighted by atomic mass is 32.2. The number of fused-ring (bicyclic) bond motifs is 1. The molecular weight excluding hydrogens is 497 g/mol. The molecule has 0 spiro atoms. The van der Waals surface area contributed by atoms with Crippen molar-refractivity contribution in [3.8, 4) is 5.75 Å². The maximum absolute atomic E-state index is 13.4. The summed E-state index contributed by atoms with van der Waals surface area (Å²) in [5.41, 5.74) is 1.13. The normalized spacial score (nSPS) is 11.8. The number of alkyl halides is 3. The van der Waals surface area contributed by atoms with E-state index < -0.39 is 17.6 Å². The van der Waals surface area contributed by atoms with Gasteiger partial charge < -0.3 is 14.4 Å². The van der Waals surface area contributed by atoms with Crippen LogP contribution >= 0.6 is 11.8 Å². The zero-order chi connectivity index (χ0) is 26.0.